The second-order valence-electron chi connectivity index (χ2n) is 5.16. The molecule has 2 aliphatic rings. The van der Waals surface area contributed by atoms with Crippen LogP contribution in [0, 0.1) is 0 Å². The van der Waals surface area contributed by atoms with Crippen LogP contribution in [0.4, 0.5) is 11.4 Å². The molecule has 112 valence electrons. The summed E-state index contributed by atoms with van der Waals surface area (Å²) in [6, 6.07) is 7.25. The second kappa shape index (κ2) is 5.40. The van der Waals surface area contributed by atoms with Crippen LogP contribution in [0.15, 0.2) is 36.0 Å². The molecule has 2 N–H and O–H groups in total. The number of rotatable bonds is 3. The Morgan fingerprint density at radius 3 is 2.81 bits per heavy atom. The summed E-state index contributed by atoms with van der Waals surface area (Å²) in [5, 5.41) is 5.81. The lowest BCUT2D eigenvalue weighted by Crippen LogP contribution is -2.37. The minimum Gasteiger partial charge on any atom is -0.357 e. The van der Waals surface area contributed by atoms with E-state index in [1.165, 1.54) is 10.4 Å². The first kappa shape index (κ1) is 13.9. The third-order valence-electron chi connectivity index (χ3n) is 3.55. The number of hydrogen-bond donors (Lipinski definition) is 2. The Bertz CT molecular complexity index is 697. The largest absolute Gasteiger partial charge is 0.357 e. The third-order valence-corrected chi connectivity index (χ3v) is 5.42. The van der Waals surface area contributed by atoms with Crippen molar-refractivity contribution < 1.29 is 13.2 Å². The minimum absolute atomic E-state index is 0.118. The summed E-state index contributed by atoms with van der Waals surface area (Å²) in [6.07, 6.45) is 3.10. The van der Waals surface area contributed by atoms with E-state index in [1.807, 2.05) is 12.1 Å². The maximum atomic E-state index is 12.1. The fraction of sp³-hybridized carbons (Fsp3) is 0.357. The van der Waals surface area contributed by atoms with Crippen molar-refractivity contribution in [3.05, 3.63) is 36.0 Å². The Balaban J connectivity index is 1.83. The van der Waals surface area contributed by atoms with Gasteiger partial charge in [-0.15, -0.1) is 0 Å². The molecule has 2 heterocycles. The van der Waals surface area contributed by atoms with E-state index in [0.29, 0.717) is 18.8 Å². The molecular formula is C14H17N3O3S. The maximum absolute atomic E-state index is 12.1. The molecule has 6 nitrogen and oxygen atoms in total. The third kappa shape index (κ3) is 3.02. The minimum atomic E-state index is -3.20. The van der Waals surface area contributed by atoms with Crippen LogP contribution in [-0.4, -0.2) is 33.2 Å². The molecule has 1 amide bonds. The average molecular weight is 307 g/mol. The van der Waals surface area contributed by atoms with Gasteiger partial charge in [0.05, 0.1) is 18.0 Å². The quantitative estimate of drug-likeness (QED) is 0.874. The number of carbonyl (C=O) groups excluding carboxylic acids is 1. The van der Waals surface area contributed by atoms with Crippen molar-refractivity contribution in [2.45, 2.75) is 12.8 Å². The molecule has 3 rings (SSSR count). The van der Waals surface area contributed by atoms with Gasteiger partial charge >= 0.3 is 0 Å². The molecule has 1 saturated heterocycles. The predicted octanol–water partition coefficient (Wildman–Crippen LogP) is 1.04. The van der Waals surface area contributed by atoms with Crippen LogP contribution in [0.25, 0.3) is 0 Å². The van der Waals surface area contributed by atoms with Gasteiger partial charge in [0, 0.05) is 24.0 Å². The molecule has 21 heavy (non-hydrogen) atoms. The van der Waals surface area contributed by atoms with Gasteiger partial charge in [0.15, 0.2) is 0 Å². The molecule has 0 saturated carbocycles. The fourth-order valence-corrected chi connectivity index (χ4v) is 4.16. The van der Waals surface area contributed by atoms with Crippen molar-refractivity contribution in [2.24, 2.45) is 0 Å². The summed E-state index contributed by atoms with van der Waals surface area (Å²) in [6.45, 7) is 0.986. The van der Waals surface area contributed by atoms with Crippen LogP contribution in [0.2, 0.25) is 0 Å². The van der Waals surface area contributed by atoms with Gasteiger partial charge < -0.3 is 10.6 Å². The SMILES string of the molecule is O=C1C=C(Nc2cccc(N3CCCCS3(=O)=O)c2)CN1. The van der Waals surface area contributed by atoms with Crippen LogP contribution < -0.4 is 14.9 Å². The molecule has 0 bridgehead atoms. The van der Waals surface area contributed by atoms with Crippen LogP contribution in [0.5, 0.6) is 0 Å². The van der Waals surface area contributed by atoms with Gasteiger partial charge in [-0.1, -0.05) is 6.07 Å². The van der Waals surface area contributed by atoms with Gasteiger partial charge in [-0.2, -0.15) is 0 Å². The monoisotopic (exact) mass is 307 g/mol. The molecule has 0 radical (unpaired) electrons. The predicted molar refractivity (Wildman–Crippen MR) is 81.5 cm³/mol. The number of anilines is 2. The maximum Gasteiger partial charge on any atom is 0.246 e. The molecular weight excluding hydrogens is 290 g/mol. The lowest BCUT2D eigenvalue weighted by atomic mass is 10.2. The molecule has 0 atom stereocenters. The summed E-state index contributed by atoms with van der Waals surface area (Å²) in [5.41, 5.74) is 2.22. The van der Waals surface area contributed by atoms with Gasteiger partial charge in [-0.05, 0) is 31.0 Å². The van der Waals surface area contributed by atoms with Crippen LogP contribution in [-0.2, 0) is 14.8 Å². The van der Waals surface area contributed by atoms with E-state index in [4.69, 9.17) is 0 Å². The molecule has 0 spiro atoms. The highest BCUT2D eigenvalue weighted by atomic mass is 32.2. The summed E-state index contributed by atoms with van der Waals surface area (Å²) in [5.74, 6) is 0.0843. The lowest BCUT2D eigenvalue weighted by Gasteiger charge is -2.28. The first-order chi connectivity index (χ1) is 10.0. The zero-order valence-electron chi connectivity index (χ0n) is 11.5. The highest BCUT2D eigenvalue weighted by Gasteiger charge is 2.26. The Labute approximate surface area is 123 Å². The molecule has 1 aromatic rings. The van der Waals surface area contributed by atoms with E-state index in [0.717, 1.165) is 24.2 Å². The molecule has 0 aliphatic carbocycles. The van der Waals surface area contributed by atoms with E-state index >= 15 is 0 Å². The zero-order valence-corrected chi connectivity index (χ0v) is 12.3. The van der Waals surface area contributed by atoms with E-state index in [-0.39, 0.29) is 11.7 Å². The number of nitrogens with zero attached hydrogens (tertiary/aromatic N) is 1. The van der Waals surface area contributed by atoms with E-state index in [1.54, 1.807) is 12.1 Å². The average Bonchev–Trinajstić information content (AvgIpc) is 2.84. The summed E-state index contributed by atoms with van der Waals surface area (Å²) in [7, 11) is -3.20. The Morgan fingerprint density at radius 2 is 2.10 bits per heavy atom. The molecule has 1 aromatic carbocycles. The van der Waals surface area contributed by atoms with Crippen LogP contribution in [0.1, 0.15) is 12.8 Å². The van der Waals surface area contributed by atoms with Gasteiger partial charge in [-0.3, -0.25) is 9.10 Å². The summed E-state index contributed by atoms with van der Waals surface area (Å²) >= 11 is 0. The van der Waals surface area contributed by atoms with Crippen LogP contribution >= 0.6 is 0 Å². The normalized spacial score (nSPS) is 20.9. The fourth-order valence-electron chi connectivity index (χ4n) is 2.53. The number of nitrogens with one attached hydrogen (secondary N) is 2. The topological polar surface area (TPSA) is 78.5 Å². The highest BCUT2D eigenvalue weighted by molar-refractivity contribution is 7.92. The smallest absolute Gasteiger partial charge is 0.246 e. The van der Waals surface area contributed by atoms with Gasteiger partial charge in [-0.25, -0.2) is 8.42 Å². The first-order valence-electron chi connectivity index (χ1n) is 6.90. The van der Waals surface area contributed by atoms with Gasteiger partial charge in [0.2, 0.25) is 15.9 Å². The molecule has 0 unspecified atom stereocenters. The Morgan fingerprint density at radius 1 is 1.24 bits per heavy atom. The highest BCUT2D eigenvalue weighted by Crippen LogP contribution is 2.26. The van der Waals surface area contributed by atoms with Crippen molar-refractivity contribution >= 4 is 27.3 Å². The van der Waals surface area contributed by atoms with Crippen molar-refractivity contribution in [1.82, 2.24) is 5.32 Å². The van der Waals surface area contributed by atoms with E-state index < -0.39 is 10.0 Å². The van der Waals surface area contributed by atoms with E-state index in [2.05, 4.69) is 10.6 Å². The standard InChI is InChI=1S/C14H17N3O3S/c18-14-9-12(10-15-14)16-11-4-3-5-13(8-11)17-6-1-2-7-21(17,19)20/h3-5,8-9,16H,1-2,6-7,10H2,(H,15,18). The number of amides is 1. The molecule has 0 aromatic heterocycles. The zero-order chi connectivity index (χ0) is 14.9. The van der Waals surface area contributed by atoms with Crippen molar-refractivity contribution in [1.29, 1.82) is 0 Å². The van der Waals surface area contributed by atoms with Crippen molar-refractivity contribution in [3.8, 4) is 0 Å². The Hall–Kier alpha value is -2.02. The second-order valence-corrected chi connectivity index (χ2v) is 7.17. The van der Waals surface area contributed by atoms with Crippen molar-refractivity contribution in [3.63, 3.8) is 0 Å². The van der Waals surface area contributed by atoms with Gasteiger partial charge in [0.1, 0.15) is 0 Å². The number of sulfonamides is 1. The summed E-state index contributed by atoms with van der Waals surface area (Å²) < 4.78 is 25.7. The number of carbonyl (C=O) groups is 1. The lowest BCUT2D eigenvalue weighted by molar-refractivity contribution is -0.115. The van der Waals surface area contributed by atoms with Crippen molar-refractivity contribution in [2.75, 3.05) is 28.5 Å². The molecule has 1 fully saturated rings. The van der Waals surface area contributed by atoms with Crippen LogP contribution in [0.3, 0.4) is 0 Å². The molecule has 7 heteroatoms. The number of benzene rings is 1. The summed E-state index contributed by atoms with van der Waals surface area (Å²) in [4.78, 5) is 11.1. The van der Waals surface area contributed by atoms with E-state index in [9.17, 15) is 13.2 Å². The van der Waals surface area contributed by atoms with Gasteiger partial charge in [0.25, 0.3) is 0 Å². The number of hydrogen-bond acceptors (Lipinski definition) is 4. The molecule has 2 aliphatic heterocycles. The first-order valence-corrected chi connectivity index (χ1v) is 8.51. The Kier molecular flexibility index (Phi) is 3.59.